The Morgan fingerprint density at radius 1 is 1.10 bits per heavy atom. The lowest BCUT2D eigenvalue weighted by molar-refractivity contribution is -0.110. The van der Waals surface area contributed by atoms with Crippen molar-refractivity contribution < 1.29 is 14.4 Å². The minimum atomic E-state index is -0.246. The van der Waals surface area contributed by atoms with Crippen LogP contribution < -0.4 is 21.3 Å². The van der Waals surface area contributed by atoms with E-state index >= 15 is 0 Å². The maximum atomic E-state index is 13.2. The van der Waals surface area contributed by atoms with Gasteiger partial charge < -0.3 is 26.3 Å². The minimum Gasteiger partial charge on any atom is -0.358 e. The number of carbonyl (C=O) groups excluding carboxylic acids is 3. The van der Waals surface area contributed by atoms with Gasteiger partial charge in [-0.2, -0.15) is 0 Å². The van der Waals surface area contributed by atoms with Crippen LogP contribution >= 0.6 is 0 Å². The number of amides is 3. The van der Waals surface area contributed by atoms with Gasteiger partial charge in [0.05, 0.1) is 17.2 Å². The lowest BCUT2D eigenvalue weighted by Gasteiger charge is -2.23. The van der Waals surface area contributed by atoms with Gasteiger partial charge in [-0.05, 0) is 75.1 Å². The highest BCUT2D eigenvalue weighted by atomic mass is 16.2. The number of benzene rings is 2. The molecule has 3 heterocycles. The summed E-state index contributed by atoms with van der Waals surface area (Å²) in [6, 6.07) is 15.1. The van der Waals surface area contributed by atoms with E-state index in [-0.39, 0.29) is 29.8 Å². The zero-order valence-corrected chi connectivity index (χ0v) is 22.6. The summed E-state index contributed by atoms with van der Waals surface area (Å²) in [7, 11) is 0. The van der Waals surface area contributed by atoms with Gasteiger partial charge in [0.15, 0.2) is 0 Å². The Morgan fingerprint density at radius 2 is 1.90 bits per heavy atom. The van der Waals surface area contributed by atoms with Crippen molar-refractivity contribution in [2.45, 2.75) is 52.1 Å². The first-order valence-electron chi connectivity index (χ1n) is 13.6. The van der Waals surface area contributed by atoms with Crippen LogP contribution in [-0.4, -0.2) is 41.8 Å². The van der Waals surface area contributed by atoms with Crippen LogP contribution in [0.3, 0.4) is 0 Å². The largest absolute Gasteiger partial charge is 0.358 e. The molecular weight excluding hydrogens is 490 g/mol. The molecule has 202 valence electrons. The van der Waals surface area contributed by atoms with E-state index in [9.17, 15) is 14.4 Å². The fourth-order valence-corrected chi connectivity index (χ4v) is 5.46. The molecule has 2 aliphatic rings. The summed E-state index contributed by atoms with van der Waals surface area (Å²) in [6.07, 6.45) is 4.51. The Kier molecular flexibility index (Phi) is 7.65. The molecule has 0 radical (unpaired) electrons. The molecule has 1 fully saturated rings. The number of hydrogen-bond acceptors (Lipinski definition) is 4. The quantitative estimate of drug-likeness (QED) is 0.293. The molecule has 0 bridgehead atoms. The molecule has 0 saturated carbocycles. The topological polar surface area (TPSA) is 115 Å². The number of anilines is 1. The van der Waals surface area contributed by atoms with Crippen molar-refractivity contribution in [3.05, 3.63) is 87.7 Å². The summed E-state index contributed by atoms with van der Waals surface area (Å²) >= 11 is 0. The molecule has 2 aromatic carbocycles. The van der Waals surface area contributed by atoms with E-state index in [0.717, 1.165) is 49.2 Å². The molecule has 3 amide bonds. The Bertz CT molecular complexity index is 1430. The van der Waals surface area contributed by atoms with Gasteiger partial charge in [0.2, 0.25) is 0 Å². The number of aryl methyl sites for hydroxylation is 1. The molecule has 5 rings (SSSR count). The summed E-state index contributed by atoms with van der Waals surface area (Å²) in [5.74, 6) is -0.557. The van der Waals surface area contributed by atoms with Gasteiger partial charge in [-0.1, -0.05) is 37.3 Å². The maximum Gasteiger partial charge on any atom is 0.256 e. The lowest BCUT2D eigenvalue weighted by atomic mass is 10.00. The predicted molar refractivity (Wildman–Crippen MR) is 154 cm³/mol. The number of H-pyrrole nitrogens is 1. The maximum absolute atomic E-state index is 13.2. The van der Waals surface area contributed by atoms with Gasteiger partial charge in [0, 0.05) is 40.8 Å². The number of piperidine rings is 1. The number of nitrogens with one attached hydrogen (secondary N) is 5. The van der Waals surface area contributed by atoms with E-state index < -0.39 is 0 Å². The zero-order valence-electron chi connectivity index (χ0n) is 22.6. The highest BCUT2D eigenvalue weighted by molar-refractivity contribution is 6.35. The summed E-state index contributed by atoms with van der Waals surface area (Å²) in [6.45, 7) is 7.53. The normalized spacial score (nSPS) is 18.4. The molecule has 2 atom stereocenters. The average Bonchev–Trinajstić information content (AvgIpc) is 3.41. The lowest BCUT2D eigenvalue weighted by Crippen LogP contribution is -2.45. The van der Waals surface area contributed by atoms with Gasteiger partial charge in [-0.25, -0.2) is 0 Å². The fraction of sp³-hybridized carbons (Fsp3) is 0.323. The molecule has 2 aliphatic heterocycles. The molecule has 3 aromatic rings. The van der Waals surface area contributed by atoms with Crippen LogP contribution in [-0.2, 0) is 4.79 Å². The van der Waals surface area contributed by atoms with Crippen LogP contribution in [0.2, 0.25) is 0 Å². The van der Waals surface area contributed by atoms with Gasteiger partial charge >= 0.3 is 0 Å². The third-order valence-corrected chi connectivity index (χ3v) is 7.60. The van der Waals surface area contributed by atoms with Crippen molar-refractivity contribution in [1.82, 2.24) is 20.9 Å². The molecule has 1 saturated heterocycles. The number of fused-ring (bicyclic) bond motifs is 1. The first kappa shape index (κ1) is 26.4. The summed E-state index contributed by atoms with van der Waals surface area (Å²) in [4.78, 5) is 42.5. The van der Waals surface area contributed by atoms with Crippen LogP contribution in [0, 0.1) is 13.8 Å². The Labute approximate surface area is 228 Å². The molecule has 0 aliphatic carbocycles. The first-order valence-corrected chi connectivity index (χ1v) is 13.6. The van der Waals surface area contributed by atoms with Crippen LogP contribution in [0.4, 0.5) is 5.69 Å². The van der Waals surface area contributed by atoms with E-state index in [0.29, 0.717) is 33.6 Å². The number of rotatable bonds is 7. The van der Waals surface area contributed by atoms with Crippen molar-refractivity contribution in [1.29, 1.82) is 0 Å². The zero-order chi connectivity index (χ0) is 27.5. The van der Waals surface area contributed by atoms with Crippen LogP contribution in [0.15, 0.2) is 48.5 Å². The fourth-order valence-electron chi connectivity index (χ4n) is 5.46. The predicted octanol–water partition coefficient (Wildman–Crippen LogP) is 4.49. The Morgan fingerprint density at radius 3 is 2.62 bits per heavy atom. The third-order valence-electron chi connectivity index (χ3n) is 7.60. The Balaban J connectivity index is 1.39. The third kappa shape index (κ3) is 5.52. The van der Waals surface area contributed by atoms with E-state index in [1.54, 1.807) is 24.3 Å². The standard InChI is InChI=1S/C31H35N5O3/c1-4-25(20-9-6-5-7-10-20)35-29(37)21-12-13-26-23(15-21)24(30(38)36-26)16-27-18(2)28(19(3)33-27)31(39)34-22-11-8-14-32-17-22/h5-7,9-10,12-13,15-16,22,25,32-33H,4,8,11,14,17H2,1-3H3,(H,34,39)(H,35,37)(H,36,38)/b24-16-/t22-,25+/m0/s1. The van der Waals surface area contributed by atoms with E-state index in [4.69, 9.17) is 0 Å². The number of hydrogen-bond donors (Lipinski definition) is 5. The van der Waals surface area contributed by atoms with Crippen LogP contribution in [0.25, 0.3) is 11.6 Å². The molecule has 0 spiro atoms. The van der Waals surface area contributed by atoms with Crippen LogP contribution in [0.5, 0.6) is 0 Å². The summed E-state index contributed by atoms with van der Waals surface area (Å²) in [5.41, 5.74) is 6.11. The molecule has 39 heavy (non-hydrogen) atoms. The van der Waals surface area contributed by atoms with E-state index in [2.05, 4.69) is 26.3 Å². The number of aromatic amines is 1. The highest BCUT2D eigenvalue weighted by Gasteiger charge is 2.28. The van der Waals surface area contributed by atoms with Gasteiger partial charge in [-0.3, -0.25) is 14.4 Å². The smallest absolute Gasteiger partial charge is 0.256 e. The minimum absolute atomic E-state index is 0.105. The Hall–Kier alpha value is -4.17. The summed E-state index contributed by atoms with van der Waals surface area (Å²) < 4.78 is 0. The van der Waals surface area contributed by atoms with Gasteiger partial charge in [0.25, 0.3) is 17.7 Å². The molecule has 8 nitrogen and oxygen atoms in total. The van der Waals surface area contributed by atoms with Crippen LogP contribution in [0.1, 0.15) is 81.0 Å². The van der Waals surface area contributed by atoms with Gasteiger partial charge in [-0.15, -0.1) is 0 Å². The van der Waals surface area contributed by atoms with Gasteiger partial charge in [0.1, 0.15) is 0 Å². The van der Waals surface area contributed by atoms with E-state index in [1.165, 1.54) is 0 Å². The SMILES string of the molecule is CC[C@@H](NC(=O)c1ccc2c(c1)/C(=C/c1[nH]c(C)c(C(=O)N[C@H]3CCCNC3)c1C)C(=O)N2)c1ccccc1. The van der Waals surface area contributed by atoms with Crippen molar-refractivity contribution >= 4 is 35.1 Å². The molecular formula is C31H35N5O3. The number of carbonyl (C=O) groups is 3. The van der Waals surface area contributed by atoms with Crippen molar-refractivity contribution in [2.24, 2.45) is 0 Å². The second-order valence-electron chi connectivity index (χ2n) is 10.3. The average molecular weight is 526 g/mol. The second-order valence-corrected chi connectivity index (χ2v) is 10.3. The second kappa shape index (κ2) is 11.3. The molecule has 5 N–H and O–H groups in total. The number of aromatic nitrogens is 1. The van der Waals surface area contributed by atoms with Crippen molar-refractivity contribution in [2.75, 3.05) is 18.4 Å². The van der Waals surface area contributed by atoms with Crippen molar-refractivity contribution in [3.8, 4) is 0 Å². The highest BCUT2D eigenvalue weighted by Crippen LogP contribution is 2.35. The molecule has 8 heteroatoms. The van der Waals surface area contributed by atoms with Crippen molar-refractivity contribution in [3.63, 3.8) is 0 Å². The van der Waals surface area contributed by atoms with E-state index in [1.807, 2.05) is 51.1 Å². The first-order chi connectivity index (χ1) is 18.9. The molecule has 0 unspecified atom stereocenters. The molecule has 1 aromatic heterocycles. The summed E-state index contributed by atoms with van der Waals surface area (Å²) in [5, 5.41) is 12.5. The monoisotopic (exact) mass is 525 g/mol.